The predicted molar refractivity (Wildman–Crippen MR) is 79.1 cm³/mol. The molecule has 6 heteroatoms. The van der Waals surface area contributed by atoms with Gasteiger partial charge in [-0.25, -0.2) is 9.97 Å². The number of nitriles is 1. The molecular formula is C15H13ClN4O. The number of para-hydroxylation sites is 1. The Morgan fingerprint density at radius 3 is 2.90 bits per heavy atom. The average Bonchev–Trinajstić information content (AvgIpc) is 3.03. The standard InChI is InChI=1S/C15H13ClN4O/c1-9-7-18-13(21-9)8-20-12-5-3-4-11(6-17)14(12)19-15(20)10(2)16/h3-5,7,10H,8H2,1-2H3. The van der Waals surface area contributed by atoms with Crippen molar-refractivity contribution >= 4 is 22.6 Å². The predicted octanol–water partition coefficient (Wildman–Crippen LogP) is 3.55. The molecule has 0 aliphatic rings. The third-order valence-corrected chi connectivity index (χ3v) is 3.44. The average molecular weight is 301 g/mol. The molecule has 1 atom stereocenters. The molecule has 0 radical (unpaired) electrons. The van der Waals surface area contributed by atoms with Gasteiger partial charge in [0.05, 0.1) is 22.7 Å². The molecule has 1 unspecified atom stereocenters. The van der Waals surface area contributed by atoms with Crippen LogP contribution in [-0.2, 0) is 6.54 Å². The maximum Gasteiger partial charge on any atom is 0.214 e. The first kappa shape index (κ1) is 13.7. The maximum absolute atomic E-state index is 9.20. The maximum atomic E-state index is 9.20. The Kier molecular flexibility index (Phi) is 3.40. The molecular weight excluding hydrogens is 288 g/mol. The van der Waals surface area contributed by atoms with Crippen LogP contribution in [-0.4, -0.2) is 14.5 Å². The molecule has 0 fully saturated rings. The van der Waals surface area contributed by atoms with Gasteiger partial charge in [0.25, 0.3) is 0 Å². The SMILES string of the molecule is Cc1cnc(Cn2c(C(C)Cl)nc3c(C#N)cccc32)o1. The van der Waals surface area contributed by atoms with E-state index < -0.39 is 0 Å². The fourth-order valence-corrected chi connectivity index (χ4v) is 2.50. The largest absolute Gasteiger partial charge is 0.444 e. The number of alkyl halides is 1. The van der Waals surface area contributed by atoms with Gasteiger partial charge < -0.3 is 8.98 Å². The molecule has 5 nitrogen and oxygen atoms in total. The summed E-state index contributed by atoms with van der Waals surface area (Å²) < 4.78 is 7.47. The highest BCUT2D eigenvalue weighted by atomic mass is 35.5. The number of oxazole rings is 1. The second-order valence-electron chi connectivity index (χ2n) is 4.82. The molecule has 2 aromatic heterocycles. The first-order valence-corrected chi connectivity index (χ1v) is 6.98. The van der Waals surface area contributed by atoms with Crippen LogP contribution in [0.25, 0.3) is 11.0 Å². The van der Waals surface area contributed by atoms with Gasteiger partial charge in [-0.1, -0.05) is 6.07 Å². The Balaban J connectivity index is 2.19. The van der Waals surface area contributed by atoms with E-state index in [1.54, 1.807) is 12.3 Å². The summed E-state index contributed by atoms with van der Waals surface area (Å²) in [5, 5.41) is 8.93. The van der Waals surface area contributed by atoms with Crippen molar-refractivity contribution < 1.29 is 4.42 Å². The van der Waals surface area contributed by atoms with E-state index in [1.807, 2.05) is 30.5 Å². The zero-order valence-corrected chi connectivity index (χ0v) is 12.4. The molecule has 0 bridgehead atoms. The van der Waals surface area contributed by atoms with E-state index in [1.165, 1.54) is 0 Å². The lowest BCUT2D eigenvalue weighted by Gasteiger charge is -2.08. The van der Waals surface area contributed by atoms with Crippen LogP contribution in [0.4, 0.5) is 0 Å². The summed E-state index contributed by atoms with van der Waals surface area (Å²) in [7, 11) is 0. The number of halogens is 1. The first-order chi connectivity index (χ1) is 10.1. The van der Waals surface area contributed by atoms with E-state index in [-0.39, 0.29) is 5.38 Å². The van der Waals surface area contributed by atoms with Crippen molar-refractivity contribution in [3.05, 3.63) is 47.4 Å². The van der Waals surface area contributed by atoms with Crippen LogP contribution in [0.3, 0.4) is 0 Å². The van der Waals surface area contributed by atoms with Gasteiger partial charge in [-0.05, 0) is 26.0 Å². The Morgan fingerprint density at radius 2 is 2.29 bits per heavy atom. The van der Waals surface area contributed by atoms with Gasteiger partial charge in [0, 0.05) is 0 Å². The monoisotopic (exact) mass is 300 g/mol. The molecule has 3 aromatic rings. The van der Waals surface area contributed by atoms with Crippen LogP contribution in [0.15, 0.2) is 28.8 Å². The zero-order chi connectivity index (χ0) is 15.0. The summed E-state index contributed by atoms with van der Waals surface area (Å²) in [6.45, 7) is 4.14. The normalized spacial score (nSPS) is 12.5. The summed E-state index contributed by atoms with van der Waals surface area (Å²) in [6.07, 6.45) is 1.68. The lowest BCUT2D eigenvalue weighted by molar-refractivity contribution is 0.456. The number of imidazole rings is 1. The number of aryl methyl sites for hydroxylation is 1. The first-order valence-electron chi connectivity index (χ1n) is 6.54. The van der Waals surface area contributed by atoms with Crippen molar-refractivity contribution in [2.45, 2.75) is 25.8 Å². The molecule has 1 aromatic carbocycles. The third-order valence-electron chi connectivity index (χ3n) is 3.25. The van der Waals surface area contributed by atoms with E-state index in [2.05, 4.69) is 16.0 Å². The summed E-state index contributed by atoms with van der Waals surface area (Å²) >= 11 is 6.23. The Morgan fingerprint density at radius 1 is 1.48 bits per heavy atom. The minimum Gasteiger partial charge on any atom is -0.444 e. The van der Waals surface area contributed by atoms with Gasteiger partial charge in [0.2, 0.25) is 5.89 Å². The molecule has 2 heterocycles. The molecule has 0 N–H and O–H groups in total. The summed E-state index contributed by atoms with van der Waals surface area (Å²) in [6, 6.07) is 7.66. The van der Waals surface area contributed by atoms with Crippen LogP contribution in [0.1, 0.15) is 35.3 Å². The lowest BCUT2D eigenvalue weighted by atomic mass is 10.2. The topological polar surface area (TPSA) is 67.6 Å². The molecule has 0 aliphatic heterocycles. The van der Waals surface area contributed by atoms with Crippen LogP contribution >= 0.6 is 11.6 Å². The van der Waals surface area contributed by atoms with Crippen molar-refractivity contribution in [1.82, 2.24) is 14.5 Å². The molecule has 0 aliphatic carbocycles. The van der Waals surface area contributed by atoms with Crippen molar-refractivity contribution in [3.8, 4) is 6.07 Å². The van der Waals surface area contributed by atoms with Crippen LogP contribution in [0.5, 0.6) is 0 Å². The van der Waals surface area contributed by atoms with Gasteiger partial charge in [0.15, 0.2) is 0 Å². The molecule has 21 heavy (non-hydrogen) atoms. The number of rotatable bonds is 3. The Bertz CT molecular complexity index is 841. The van der Waals surface area contributed by atoms with Gasteiger partial charge >= 0.3 is 0 Å². The summed E-state index contributed by atoms with van der Waals surface area (Å²) in [5.41, 5.74) is 2.05. The quantitative estimate of drug-likeness (QED) is 0.694. The highest BCUT2D eigenvalue weighted by Crippen LogP contribution is 2.27. The molecule has 0 saturated carbocycles. The molecule has 106 valence electrons. The van der Waals surface area contributed by atoms with Crippen LogP contribution in [0.2, 0.25) is 0 Å². The van der Waals surface area contributed by atoms with Gasteiger partial charge in [-0.15, -0.1) is 11.6 Å². The lowest BCUT2D eigenvalue weighted by Crippen LogP contribution is -2.06. The fourth-order valence-electron chi connectivity index (χ4n) is 2.33. The van der Waals surface area contributed by atoms with E-state index in [0.717, 1.165) is 11.3 Å². The highest BCUT2D eigenvalue weighted by molar-refractivity contribution is 6.20. The van der Waals surface area contributed by atoms with E-state index >= 15 is 0 Å². The number of hydrogen-bond acceptors (Lipinski definition) is 4. The minimum atomic E-state index is -0.278. The zero-order valence-electron chi connectivity index (χ0n) is 11.7. The molecule has 0 spiro atoms. The van der Waals surface area contributed by atoms with Crippen LogP contribution in [0, 0.1) is 18.3 Å². The number of benzene rings is 1. The Labute approximate surface area is 126 Å². The van der Waals surface area contributed by atoms with E-state index in [4.69, 9.17) is 16.0 Å². The summed E-state index contributed by atoms with van der Waals surface area (Å²) in [5.74, 6) is 2.05. The number of hydrogen-bond donors (Lipinski definition) is 0. The fraction of sp³-hybridized carbons (Fsp3) is 0.267. The highest BCUT2D eigenvalue weighted by Gasteiger charge is 2.18. The van der Waals surface area contributed by atoms with Crippen molar-refractivity contribution in [1.29, 1.82) is 5.26 Å². The minimum absolute atomic E-state index is 0.278. The van der Waals surface area contributed by atoms with Gasteiger partial charge in [-0.3, -0.25) is 0 Å². The number of aromatic nitrogens is 3. The second-order valence-corrected chi connectivity index (χ2v) is 5.48. The smallest absolute Gasteiger partial charge is 0.214 e. The van der Waals surface area contributed by atoms with Crippen molar-refractivity contribution in [2.75, 3.05) is 0 Å². The molecule has 3 rings (SSSR count). The van der Waals surface area contributed by atoms with Crippen molar-refractivity contribution in [3.63, 3.8) is 0 Å². The number of fused-ring (bicyclic) bond motifs is 1. The van der Waals surface area contributed by atoms with E-state index in [9.17, 15) is 5.26 Å². The van der Waals surface area contributed by atoms with Crippen molar-refractivity contribution in [2.24, 2.45) is 0 Å². The Hall–Kier alpha value is -2.32. The molecule has 0 amide bonds. The summed E-state index contributed by atoms with van der Waals surface area (Å²) in [4.78, 5) is 8.74. The van der Waals surface area contributed by atoms with E-state index in [0.29, 0.717) is 29.3 Å². The van der Waals surface area contributed by atoms with Gasteiger partial charge in [-0.2, -0.15) is 5.26 Å². The second kappa shape index (κ2) is 5.23. The molecule has 0 saturated heterocycles. The van der Waals surface area contributed by atoms with Crippen LogP contribution < -0.4 is 0 Å². The third kappa shape index (κ3) is 2.39. The number of nitrogens with zero attached hydrogens (tertiary/aromatic N) is 4. The van der Waals surface area contributed by atoms with Gasteiger partial charge in [0.1, 0.15) is 29.7 Å².